The van der Waals surface area contributed by atoms with E-state index in [1.807, 2.05) is 6.92 Å². The fourth-order valence-electron chi connectivity index (χ4n) is 2.44. The molecule has 0 N–H and O–H groups in total. The number of carbonyl (C=O) groups is 1. The van der Waals surface area contributed by atoms with Crippen LogP contribution in [0.25, 0.3) is 0 Å². The first-order valence-electron chi connectivity index (χ1n) is 6.74. The van der Waals surface area contributed by atoms with Gasteiger partial charge in [-0.3, -0.25) is 9.69 Å². The van der Waals surface area contributed by atoms with Gasteiger partial charge >= 0.3 is 5.97 Å². The van der Waals surface area contributed by atoms with Crippen LogP contribution in [0.15, 0.2) is 24.3 Å². The van der Waals surface area contributed by atoms with Gasteiger partial charge in [0.1, 0.15) is 0 Å². The molecule has 3 nitrogen and oxygen atoms in total. The molecule has 1 aliphatic rings. The van der Waals surface area contributed by atoms with Gasteiger partial charge in [0.05, 0.1) is 13.0 Å². The number of benzene rings is 1. The minimum Gasteiger partial charge on any atom is -0.466 e. The molecule has 2 rings (SSSR count). The first-order chi connectivity index (χ1) is 8.79. The van der Waals surface area contributed by atoms with Crippen LogP contribution in [-0.4, -0.2) is 30.6 Å². The molecule has 98 valence electrons. The largest absolute Gasteiger partial charge is 0.466 e. The predicted octanol–water partition coefficient (Wildman–Crippen LogP) is 2.39. The van der Waals surface area contributed by atoms with Crippen molar-refractivity contribution in [2.45, 2.75) is 32.7 Å². The molecule has 0 radical (unpaired) electrons. The Hall–Kier alpha value is -1.35. The van der Waals surface area contributed by atoms with Crippen LogP contribution in [0.3, 0.4) is 0 Å². The van der Waals surface area contributed by atoms with Crippen molar-refractivity contribution in [2.24, 2.45) is 0 Å². The second-order valence-corrected chi connectivity index (χ2v) is 4.70. The highest BCUT2D eigenvalue weighted by molar-refractivity contribution is 5.69. The Bertz CT molecular complexity index is 403. The summed E-state index contributed by atoms with van der Waals surface area (Å²) in [6.45, 7) is 5.14. The van der Waals surface area contributed by atoms with Crippen molar-refractivity contribution in [2.75, 3.05) is 19.7 Å². The molecular weight excluding hydrogens is 226 g/mol. The monoisotopic (exact) mass is 247 g/mol. The summed E-state index contributed by atoms with van der Waals surface area (Å²) in [7, 11) is 0. The van der Waals surface area contributed by atoms with Crippen molar-refractivity contribution in [3.63, 3.8) is 0 Å². The third-order valence-electron chi connectivity index (χ3n) is 3.37. The molecule has 1 aromatic carbocycles. The average molecular weight is 247 g/mol. The molecular formula is C15H21NO2. The smallest absolute Gasteiger partial charge is 0.307 e. The van der Waals surface area contributed by atoms with E-state index in [0.717, 1.165) is 26.1 Å². The summed E-state index contributed by atoms with van der Waals surface area (Å²) < 4.78 is 4.97. The summed E-state index contributed by atoms with van der Waals surface area (Å²) >= 11 is 0. The number of hydrogen-bond acceptors (Lipinski definition) is 3. The lowest BCUT2D eigenvalue weighted by Crippen LogP contribution is -2.26. The Kier molecular flexibility index (Phi) is 4.76. The Morgan fingerprint density at radius 1 is 1.33 bits per heavy atom. The molecule has 0 bridgehead atoms. The molecule has 1 aliphatic heterocycles. The van der Waals surface area contributed by atoms with Crippen LogP contribution in [0.4, 0.5) is 0 Å². The zero-order chi connectivity index (χ0) is 12.8. The highest BCUT2D eigenvalue weighted by Gasteiger charge is 2.14. The van der Waals surface area contributed by atoms with Crippen molar-refractivity contribution < 1.29 is 9.53 Å². The molecule has 0 saturated heterocycles. The molecule has 0 spiro atoms. The zero-order valence-corrected chi connectivity index (χ0v) is 11.0. The summed E-state index contributed by atoms with van der Waals surface area (Å²) in [6, 6.07) is 8.60. The van der Waals surface area contributed by atoms with Gasteiger partial charge in [0, 0.05) is 13.1 Å². The normalized spacial score (nSPS) is 15.8. The van der Waals surface area contributed by atoms with E-state index in [0.29, 0.717) is 13.0 Å². The number of rotatable bonds is 4. The first-order valence-corrected chi connectivity index (χ1v) is 6.74. The van der Waals surface area contributed by atoms with E-state index in [9.17, 15) is 4.79 Å². The van der Waals surface area contributed by atoms with Crippen LogP contribution in [-0.2, 0) is 22.5 Å². The van der Waals surface area contributed by atoms with Crippen LogP contribution >= 0.6 is 0 Å². The van der Waals surface area contributed by atoms with Crippen LogP contribution in [0.1, 0.15) is 30.9 Å². The standard InChI is InChI=1S/C15H21NO2/c1-2-18-15(17)9-11-16-10-5-8-13-6-3-4-7-14(13)12-16/h3-4,6-7H,2,5,8-12H2,1H3. The third-order valence-corrected chi connectivity index (χ3v) is 3.37. The van der Waals surface area contributed by atoms with Crippen molar-refractivity contribution in [3.8, 4) is 0 Å². The van der Waals surface area contributed by atoms with Gasteiger partial charge in [-0.2, -0.15) is 0 Å². The van der Waals surface area contributed by atoms with E-state index in [2.05, 4.69) is 29.2 Å². The molecule has 18 heavy (non-hydrogen) atoms. The van der Waals surface area contributed by atoms with Gasteiger partial charge in [-0.05, 0) is 37.4 Å². The minimum absolute atomic E-state index is 0.0879. The number of hydrogen-bond donors (Lipinski definition) is 0. The highest BCUT2D eigenvalue weighted by atomic mass is 16.5. The van der Waals surface area contributed by atoms with Gasteiger partial charge in [0.25, 0.3) is 0 Å². The van der Waals surface area contributed by atoms with E-state index >= 15 is 0 Å². The maximum Gasteiger partial charge on any atom is 0.307 e. The number of nitrogens with zero attached hydrogens (tertiary/aromatic N) is 1. The maximum absolute atomic E-state index is 11.4. The molecule has 0 fully saturated rings. The molecule has 0 aromatic heterocycles. The Morgan fingerprint density at radius 2 is 2.11 bits per heavy atom. The third kappa shape index (κ3) is 3.57. The average Bonchev–Trinajstić information content (AvgIpc) is 2.58. The lowest BCUT2D eigenvalue weighted by molar-refractivity contribution is -0.143. The van der Waals surface area contributed by atoms with E-state index in [1.54, 1.807) is 0 Å². The van der Waals surface area contributed by atoms with E-state index < -0.39 is 0 Å². The number of aryl methyl sites for hydroxylation is 1. The SMILES string of the molecule is CCOC(=O)CCN1CCCc2ccccc2C1. The lowest BCUT2D eigenvalue weighted by atomic mass is 10.0. The van der Waals surface area contributed by atoms with Crippen LogP contribution in [0.2, 0.25) is 0 Å². The number of esters is 1. The predicted molar refractivity (Wildman–Crippen MR) is 71.3 cm³/mol. The van der Waals surface area contributed by atoms with Crippen molar-refractivity contribution in [1.82, 2.24) is 4.90 Å². The molecule has 0 amide bonds. The molecule has 1 heterocycles. The van der Waals surface area contributed by atoms with Crippen LogP contribution < -0.4 is 0 Å². The summed E-state index contributed by atoms with van der Waals surface area (Å²) in [5.41, 5.74) is 2.86. The Balaban J connectivity index is 1.90. The zero-order valence-electron chi connectivity index (χ0n) is 11.0. The van der Waals surface area contributed by atoms with Crippen LogP contribution in [0.5, 0.6) is 0 Å². The van der Waals surface area contributed by atoms with Gasteiger partial charge < -0.3 is 4.74 Å². The Morgan fingerprint density at radius 3 is 2.89 bits per heavy atom. The second-order valence-electron chi connectivity index (χ2n) is 4.70. The van der Waals surface area contributed by atoms with Crippen LogP contribution in [0, 0.1) is 0 Å². The second kappa shape index (κ2) is 6.55. The summed E-state index contributed by atoms with van der Waals surface area (Å²) in [5.74, 6) is -0.0879. The molecule has 0 aliphatic carbocycles. The molecule has 3 heteroatoms. The van der Waals surface area contributed by atoms with Gasteiger partial charge in [-0.15, -0.1) is 0 Å². The fourth-order valence-corrected chi connectivity index (χ4v) is 2.44. The summed E-state index contributed by atoms with van der Waals surface area (Å²) in [5, 5.41) is 0. The fraction of sp³-hybridized carbons (Fsp3) is 0.533. The van der Waals surface area contributed by atoms with E-state index in [4.69, 9.17) is 4.74 Å². The lowest BCUT2D eigenvalue weighted by Gasteiger charge is -2.19. The molecule has 0 saturated carbocycles. The van der Waals surface area contributed by atoms with Gasteiger partial charge in [-0.25, -0.2) is 0 Å². The van der Waals surface area contributed by atoms with Gasteiger partial charge in [0.2, 0.25) is 0 Å². The van der Waals surface area contributed by atoms with Crippen molar-refractivity contribution in [1.29, 1.82) is 0 Å². The van der Waals surface area contributed by atoms with E-state index in [-0.39, 0.29) is 5.97 Å². The number of ether oxygens (including phenoxy) is 1. The maximum atomic E-state index is 11.4. The first kappa shape index (κ1) is 13.1. The van der Waals surface area contributed by atoms with E-state index in [1.165, 1.54) is 17.5 Å². The minimum atomic E-state index is -0.0879. The van der Waals surface area contributed by atoms with Gasteiger partial charge in [-0.1, -0.05) is 24.3 Å². The number of fused-ring (bicyclic) bond motifs is 1. The molecule has 1 aromatic rings. The van der Waals surface area contributed by atoms with Crippen molar-refractivity contribution >= 4 is 5.97 Å². The topological polar surface area (TPSA) is 29.5 Å². The van der Waals surface area contributed by atoms with Crippen molar-refractivity contribution in [3.05, 3.63) is 35.4 Å². The van der Waals surface area contributed by atoms with Gasteiger partial charge in [0.15, 0.2) is 0 Å². The summed E-state index contributed by atoms with van der Waals surface area (Å²) in [6.07, 6.45) is 2.81. The number of carbonyl (C=O) groups excluding carboxylic acids is 1. The summed E-state index contributed by atoms with van der Waals surface area (Å²) in [4.78, 5) is 13.7. The quantitative estimate of drug-likeness (QED) is 0.765. The Labute approximate surface area is 109 Å². The molecule has 0 atom stereocenters. The molecule has 0 unspecified atom stereocenters. The highest BCUT2D eigenvalue weighted by Crippen LogP contribution is 2.18.